The van der Waals surface area contributed by atoms with E-state index in [1.165, 1.54) is 25.9 Å². The van der Waals surface area contributed by atoms with E-state index in [1.54, 1.807) is 0 Å². The van der Waals surface area contributed by atoms with Gasteiger partial charge in [0.2, 0.25) is 0 Å². The van der Waals surface area contributed by atoms with Gasteiger partial charge in [0.1, 0.15) is 0 Å². The summed E-state index contributed by atoms with van der Waals surface area (Å²) in [6.07, 6.45) is 2.58. The fourth-order valence-corrected chi connectivity index (χ4v) is 1.49. The van der Waals surface area contributed by atoms with E-state index in [4.69, 9.17) is 0 Å². The molecule has 1 fully saturated rings. The van der Waals surface area contributed by atoms with Crippen LogP contribution in [0, 0.1) is 0 Å². The average Bonchev–Trinajstić information content (AvgIpc) is 2.10. The molecule has 1 atom stereocenters. The molecule has 0 radical (unpaired) electrons. The Morgan fingerprint density at radius 1 is 1.27 bits per heavy atom. The Morgan fingerprint density at radius 3 is 2.09 bits per heavy atom. The monoisotopic (exact) mass is 176 g/mol. The molecular formula is C8H21N2P. The topological polar surface area (TPSA) is 15.3 Å². The number of nitrogens with zero attached hydrogens (tertiary/aromatic N) is 1. The van der Waals surface area contributed by atoms with Gasteiger partial charge >= 0.3 is 0 Å². The second kappa shape index (κ2) is 7.02. The first-order valence-electron chi connectivity index (χ1n) is 4.50. The highest BCUT2D eigenvalue weighted by molar-refractivity contribution is 7.13. The van der Waals surface area contributed by atoms with Gasteiger partial charge in [0, 0.05) is 19.1 Å². The summed E-state index contributed by atoms with van der Waals surface area (Å²) < 4.78 is 2.30. The highest BCUT2D eigenvalue weighted by Gasteiger charge is 2.13. The van der Waals surface area contributed by atoms with Gasteiger partial charge in [-0.1, -0.05) is 23.2 Å². The molecule has 0 aromatic rings. The molecule has 1 N–H and O–H groups in total. The predicted octanol–water partition coefficient (Wildman–Crippen LogP) is 1.49. The van der Waals surface area contributed by atoms with Crippen molar-refractivity contribution >= 4 is 9.39 Å². The van der Waals surface area contributed by atoms with E-state index >= 15 is 0 Å². The summed E-state index contributed by atoms with van der Waals surface area (Å²) in [4.78, 5) is 0. The minimum Gasteiger partial charge on any atom is -0.317 e. The third-order valence-electron chi connectivity index (χ3n) is 1.94. The Kier molecular flexibility index (Phi) is 7.25. The largest absolute Gasteiger partial charge is 0.317 e. The molecular weight excluding hydrogens is 155 g/mol. The molecule has 1 aliphatic heterocycles. The van der Waals surface area contributed by atoms with Gasteiger partial charge in [-0.2, -0.15) is 0 Å². The van der Waals surface area contributed by atoms with Gasteiger partial charge < -0.3 is 5.32 Å². The number of hydrogen-bond donors (Lipinski definition) is 1. The number of rotatable bonds is 1. The first-order valence-corrected chi connectivity index (χ1v) is 5.01. The number of nitrogens with one attached hydrogen (secondary N) is 1. The Bertz CT molecular complexity index is 80.2. The number of hydrogen-bond acceptors (Lipinski definition) is 2. The first-order chi connectivity index (χ1) is 5.33. The molecule has 0 aliphatic carbocycles. The summed E-state index contributed by atoms with van der Waals surface area (Å²) >= 11 is 0. The van der Waals surface area contributed by atoms with Crippen molar-refractivity contribution in [3.8, 4) is 0 Å². The van der Waals surface area contributed by atoms with E-state index < -0.39 is 0 Å². The number of piperidine rings is 1. The average molecular weight is 176 g/mol. The van der Waals surface area contributed by atoms with E-state index in [2.05, 4.69) is 19.4 Å². The second-order valence-electron chi connectivity index (χ2n) is 2.60. The molecule has 0 saturated carbocycles. The third kappa shape index (κ3) is 4.73. The first kappa shape index (κ1) is 11.4. The van der Waals surface area contributed by atoms with Crippen LogP contribution in [-0.4, -0.2) is 30.8 Å². The molecule has 0 aromatic carbocycles. The Morgan fingerprint density at radius 2 is 1.73 bits per heavy atom. The molecule has 1 rings (SSSR count). The lowest BCUT2D eigenvalue weighted by molar-refractivity contribution is 0.318. The molecule has 1 heterocycles. The minimum absolute atomic E-state index is 0.766. The summed E-state index contributed by atoms with van der Waals surface area (Å²) in [6, 6.07) is 0.766. The predicted molar refractivity (Wildman–Crippen MR) is 54.7 cm³/mol. The van der Waals surface area contributed by atoms with Gasteiger partial charge in [0.25, 0.3) is 0 Å². The molecule has 0 spiro atoms. The molecule has 1 aliphatic rings. The van der Waals surface area contributed by atoms with Gasteiger partial charge in [0.05, 0.1) is 0 Å². The van der Waals surface area contributed by atoms with E-state index in [-0.39, 0.29) is 0 Å². The van der Waals surface area contributed by atoms with Crippen LogP contribution >= 0.6 is 9.39 Å². The maximum absolute atomic E-state index is 3.29. The van der Waals surface area contributed by atoms with Crippen molar-refractivity contribution < 1.29 is 0 Å². The van der Waals surface area contributed by atoms with Gasteiger partial charge in [-0.25, -0.2) is 0 Å². The summed E-state index contributed by atoms with van der Waals surface area (Å²) in [6.45, 7) is 6.44. The van der Waals surface area contributed by atoms with Crippen LogP contribution in [0.15, 0.2) is 0 Å². The van der Waals surface area contributed by atoms with Crippen molar-refractivity contribution in [1.82, 2.24) is 9.99 Å². The Balaban J connectivity index is 0.000000461. The molecule has 68 valence electrons. The van der Waals surface area contributed by atoms with Crippen molar-refractivity contribution in [3.05, 3.63) is 0 Å². The van der Waals surface area contributed by atoms with Crippen LogP contribution in [-0.2, 0) is 0 Å². The van der Waals surface area contributed by atoms with Crippen molar-refractivity contribution in [2.24, 2.45) is 0 Å². The maximum Gasteiger partial charge on any atom is 0.00886 e. The summed E-state index contributed by atoms with van der Waals surface area (Å²) in [5, 5.41) is 3.29. The van der Waals surface area contributed by atoms with Crippen LogP contribution in [0.25, 0.3) is 0 Å². The zero-order valence-corrected chi connectivity index (χ0v) is 9.09. The second-order valence-corrected chi connectivity index (χ2v) is 3.33. The van der Waals surface area contributed by atoms with Gasteiger partial charge in [-0.05, 0) is 19.9 Å². The smallest absolute Gasteiger partial charge is 0.00886 e. The third-order valence-corrected chi connectivity index (χ3v) is 2.45. The minimum atomic E-state index is 0.766. The fraction of sp³-hybridized carbons (Fsp3) is 1.00. The van der Waals surface area contributed by atoms with Crippen LogP contribution in [0.3, 0.4) is 0 Å². The highest BCUT2D eigenvalue weighted by Crippen LogP contribution is 2.12. The van der Waals surface area contributed by atoms with Crippen LogP contribution in [0.1, 0.15) is 26.7 Å². The summed E-state index contributed by atoms with van der Waals surface area (Å²) in [7, 11) is 4.79. The molecule has 2 nitrogen and oxygen atoms in total. The highest BCUT2D eigenvalue weighted by atomic mass is 31.0. The van der Waals surface area contributed by atoms with Crippen molar-refractivity contribution in [1.29, 1.82) is 0 Å². The quantitative estimate of drug-likeness (QED) is 0.609. The van der Waals surface area contributed by atoms with Crippen LogP contribution < -0.4 is 5.32 Å². The van der Waals surface area contributed by atoms with Gasteiger partial charge in [-0.15, -0.1) is 0 Å². The lowest BCUT2D eigenvalue weighted by Crippen LogP contribution is -2.36. The Labute approximate surface area is 73.0 Å². The molecule has 0 aromatic heterocycles. The lowest BCUT2D eigenvalue weighted by atomic mass is 10.1. The molecule has 3 heteroatoms. The summed E-state index contributed by atoms with van der Waals surface area (Å²) in [5.41, 5.74) is 0. The van der Waals surface area contributed by atoms with Gasteiger partial charge in [0.15, 0.2) is 0 Å². The van der Waals surface area contributed by atoms with Crippen LogP contribution in [0.5, 0.6) is 0 Å². The summed E-state index contributed by atoms with van der Waals surface area (Å²) in [5.74, 6) is 0. The van der Waals surface area contributed by atoms with Crippen LogP contribution in [0.4, 0.5) is 0 Å². The molecule has 0 amide bonds. The van der Waals surface area contributed by atoms with Crippen LogP contribution in [0.2, 0.25) is 0 Å². The van der Waals surface area contributed by atoms with E-state index in [9.17, 15) is 0 Å². The molecule has 0 bridgehead atoms. The van der Waals surface area contributed by atoms with Crippen molar-refractivity contribution in [2.75, 3.05) is 20.1 Å². The molecule has 11 heavy (non-hydrogen) atoms. The van der Waals surface area contributed by atoms with Crippen molar-refractivity contribution in [2.45, 2.75) is 32.7 Å². The Hall–Kier alpha value is 0.350. The maximum atomic E-state index is 3.29. The SMILES string of the molecule is CC.CNC1CCN(P)CC1. The normalized spacial score (nSPS) is 20.7. The lowest BCUT2D eigenvalue weighted by Gasteiger charge is -2.28. The van der Waals surface area contributed by atoms with E-state index in [0.29, 0.717) is 0 Å². The standard InChI is InChI=1S/C6H15N2P.C2H6/c1-7-6-2-4-8(9)5-3-6;1-2/h6-7H,2-5,9H2,1H3;1-2H3. The van der Waals surface area contributed by atoms with E-state index in [0.717, 1.165) is 6.04 Å². The zero-order chi connectivity index (χ0) is 8.69. The fourth-order valence-electron chi connectivity index (χ4n) is 1.19. The molecule has 1 saturated heterocycles. The van der Waals surface area contributed by atoms with E-state index in [1.807, 2.05) is 20.9 Å². The zero-order valence-electron chi connectivity index (χ0n) is 7.93. The molecule has 1 unspecified atom stereocenters. The van der Waals surface area contributed by atoms with Gasteiger partial charge in [-0.3, -0.25) is 4.67 Å². The van der Waals surface area contributed by atoms with Crippen molar-refractivity contribution in [3.63, 3.8) is 0 Å².